The molecule has 3 atom stereocenters. The van der Waals surface area contributed by atoms with E-state index in [0.717, 1.165) is 18.0 Å². The second-order valence-corrected chi connectivity index (χ2v) is 7.65. The molecule has 3 heteroatoms. The predicted molar refractivity (Wildman–Crippen MR) is 77.1 cm³/mol. The van der Waals surface area contributed by atoms with Crippen molar-refractivity contribution in [1.29, 1.82) is 0 Å². The number of piperidine rings is 1. The number of fused-ring (bicyclic) bond motifs is 2. The van der Waals surface area contributed by atoms with Crippen LogP contribution in [0.2, 0.25) is 0 Å². The standard InChI is InChI=1S/C15H31N3/c1-15(2,3)8-7-14(17-16)11-9-12-5-6-13(10-11)18(12)4/h11-14,17H,5-10,16H2,1-4H3. The molecule has 106 valence electrons. The maximum absolute atomic E-state index is 5.82. The predicted octanol–water partition coefficient (Wildman–Crippen LogP) is 2.52. The van der Waals surface area contributed by atoms with E-state index in [1.807, 2.05) is 0 Å². The van der Waals surface area contributed by atoms with Crippen LogP contribution in [0.15, 0.2) is 0 Å². The highest BCUT2D eigenvalue weighted by Gasteiger charge is 2.40. The number of nitrogens with two attached hydrogens (primary N) is 1. The van der Waals surface area contributed by atoms with Gasteiger partial charge in [-0.25, -0.2) is 0 Å². The highest BCUT2D eigenvalue weighted by Crippen LogP contribution is 2.39. The van der Waals surface area contributed by atoms with Crippen molar-refractivity contribution in [1.82, 2.24) is 10.3 Å². The van der Waals surface area contributed by atoms with Crippen molar-refractivity contribution < 1.29 is 0 Å². The van der Waals surface area contributed by atoms with E-state index in [0.29, 0.717) is 11.5 Å². The molecule has 2 fully saturated rings. The van der Waals surface area contributed by atoms with E-state index >= 15 is 0 Å². The molecule has 0 radical (unpaired) electrons. The van der Waals surface area contributed by atoms with Crippen molar-refractivity contribution in [3.8, 4) is 0 Å². The molecule has 2 aliphatic rings. The summed E-state index contributed by atoms with van der Waals surface area (Å²) in [7, 11) is 2.30. The molecule has 3 N–H and O–H groups in total. The third-order valence-corrected chi connectivity index (χ3v) is 5.12. The van der Waals surface area contributed by atoms with Crippen molar-refractivity contribution in [2.24, 2.45) is 17.2 Å². The Kier molecular flexibility index (Phi) is 4.35. The van der Waals surface area contributed by atoms with Crippen LogP contribution in [0.25, 0.3) is 0 Å². The van der Waals surface area contributed by atoms with Gasteiger partial charge in [-0.2, -0.15) is 0 Å². The van der Waals surface area contributed by atoms with Crippen molar-refractivity contribution >= 4 is 0 Å². The molecule has 2 aliphatic heterocycles. The van der Waals surface area contributed by atoms with Gasteiger partial charge in [-0.15, -0.1) is 0 Å². The minimum absolute atomic E-state index is 0.416. The zero-order valence-corrected chi connectivity index (χ0v) is 12.6. The summed E-state index contributed by atoms with van der Waals surface area (Å²) in [6.07, 6.45) is 7.94. The van der Waals surface area contributed by atoms with E-state index in [-0.39, 0.29) is 0 Å². The van der Waals surface area contributed by atoms with Gasteiger partial charge in [0.05, 0.1) is 0 Å². The summed E-state index contributed by atoms with van der Waals surface area (Å²) in [5.74, 6) is 6.60. The van der Waals surface area contributed by atoms with Crippen LogP contribution in [0.4, 0.5) is 0 Å². The van der Waals surface area contributed by atoms with E-state index in [1.165, 1.54) is 38.5 Å². The number of nitrogens with one attached hydrogen (secondary N) is 1. The Morgan fingerprint density at radius 3 is 2.22 bits per heavy atom. The van der Waals surface area contributed by atoms with Crippen LogP contribution in [0.5, 0.6) is 0 Å². The van der Waals surface area contributed by atoms with Crippen LogP contribution >= 0.6 is 0 Å². The molecule has 2 saturated heterocycles. The van der Waals surface area contributed by atoms with Gasteiger partial charge in [0.2, 0.25) is 0 Å². The fourth-order valence-electron chi connectivity index (χ4n) is 3.83. The number of hydrogen-bond acceptors (Lipinski definition) is 3. The molecule has 2 heterocycles. The lowest BCUT2D eigenvalue weighted by Crippen LogP contribution is -2.49. The summed E-state index contributed by atoms with van der Waals surface area (Å²) in [4.78, 5) is 2.60. The van der Waals surface area contributed by atoms with Crippen LogP contribution in [-0.2, 0) is 0 Å². The molecule has 0 aliphatic carbocycles. The Morgan fingerprint density at radius 2 is 1.78 bits per heavy atom. The zero-order valence-electron chi connectivity index (χ0n) is 12.6. The molecule has 3 unspecified atom stereocenters. The number of hydrogen-bond donors (Lipinski definition) is 2. The molecular formula is C15H31N3. The molecule has 3 nitrogen and oxygen atoms in total. The molecule has 0 aromatic rings. The SMILES string of the molecule is CN1C2CCC1CC(C(CCC(C)(C)C)NN)C2. The highest BCUT2D eigenvalue weighted by molar-refractivity contribution is 4.96. The van der Waals surface area contributed by atoms with E-state index in [2.05, 4.69) is 38.1 Å². The van der Waals surface area contributed by atoms with Crippen molar-refractivity contribution in [2.75, 3.05) is 7.05 Å². The lowest BCUT2D eigenvalue weighted by Gasteiger charge is -2.40. The summed E-state index contributed by atoms with van der Waals surface area (Å²) in [6.45, 7) is 6.96. The number of rotatable bonds is 4. The maximum atomic E-state index is 5.82. The van der Waals surface area contributed by atoms with Gasteiger partial charge in [0, 0.05) is 18.1 Å². The van der Waals surface area contributed by atoms with E-state index < -0.39 is 0 Å². The summed E-state index contributed by atoms with van der Waals surface area (Å²) in [5.41, 5.74) is 3.53. The van der Waals surface area contributed by atoms with Crippen molar-refractivity contribution in [3.63, 3.8) is 0 Å². The van der Waals surface area contributed by atoms with Crippen molar-refractivity contribution in [2.45, 2.75) is 77.4 Å². The first-order chi connectivity index (χ1) is 8.40. The molecule has 2 bridgehead atoms. The summed E-state index contributed by atoms with van der Waals surface area (Å²) < 4.78 is 0. The highest BCUT2D eigenvalue weighted by atomic mass is 15.2. The van der Waals surface area contributed by atoms with Gasteiger partial charge in [0.1, 0.15) is 0 Å². The minimum atomic E-state index is 0.416. The Balaban J connectivity index is 1.89. The third-order valence-electron chi connectivity index (χ3n) is 5.12. The third kappa shape index (κ3) is 3.25. The van der Waals surface area contributed by atoms with Gasteiger partial charge in [0.25, 0.3) is 0 Å². The summed E-state index contributed by atoms with van der Waals surface area (Å²) >= 11 is 0. The van der Waals surface area contributed by atoms with Gasteiger partial charge in [-0.05, 0) is 56.9 Å². The minimum Gasteiger partial charge on any atom is -0.300 e. The smallest absolute Gasteiger partial charge is 0.0240 e. The topological polar surface area (TPSA) is 41.3 Å². The molecule has 0 spiro atoms. The maximum Gasteiger partial charge on any atom is 0.0240 e. The van der Waals surface area contributed by atoms with E-state index in [1.54, 1.807) is 0 Å². The largest absolute Gasteiger partial charge is 0.300 e. The van der Waals surface area contributed by atoms with Gasteiger partial charge in [-0.1, -0.05) is 20.8 Å². The Morgan fingerprint density at radius 1 is 1.22 bits per heavy atom. The molecule has 18 heavy (non-hydrogen) atoms. The zero-order chi connectivity index (χ0) is 13.3. The first-order valence-electron chi connectivity index (χ1n) is 7.59. The average Bonchev–Trinajstić information content (AvgIpc) is 2.52. The van der Waals surface area contributed by atoms with Gasteiger partial charge in [0.15, 0.2) is 0 Å². The Hall–Kier alpha value is -0.120. The van der Waals surface area contributed by atoms with Crippen LogP contribution < -0.4 is 11.3 Å². The molecule has 0 aromatic carbocycles. The average molecular weight is 253 g/mol. The van der Waals surface area contributed by atoms with Gasteiger partial charge in [-0.3, -0.25) is 11.3 Å². The fraction of sp³-hybridized carbons (Fsp3) is 1.00. The first kappa shape index (κ1) is 14.3. The molecule has 0 amide bonds. The molecule has 2 rings (SSSR count). The summed E-state index contributed by atoms with van der Waals surface area (Å²) in [5, 5.41) is 0. The van der Waals surface area contributed by atoms with Gasteiger partial charge < -0.3 is 4.90 Å². The number of hydrazine groups is 1. The fourth-order valence-corrected chi connectivity index (χ4v) is 3.83. The van der Waals surface area contributed by atoms with Crippen molar-refractivity contribution in [3.05, 3.63) is 0 Å². The van der Waals surface area contributed by atoms with Crippen LogP contribution in [0.1, 0.15) is 59.3 Å². The molecule has 0 saturated carbocycles. The lowest BCUT2D eigenvalue weighted by atomic mass is 9.80. The summed E-state index contributed by atoms with van der Waals surface area (Å²) in [6, 6.07) is 2.15. The monoisotopic (exact) mass is 253 g/mol. The van der Waals surface area contributed by atoms with Gasteiger partial charge >= 0.3 is 0 Å². The van der Waals surface area contributed by atoms with E-state index in [9.17, 15) is 0 Å². The Labute approximate surface area is 112 Å². The number of nitrogens with zero attached hydrogens (tertiary/aromatic N) is 1. The Bertz CT molecular complexity index is 257. The van der Waals surface area contributed by atoms with Crippen LogP contribution in [-0.4, -0.2) is 30.1 Å². The van der Waals surface area contributed by atoms with Crippen LogP contribution in [0.3, 0.4) is 0 Å². The lowest BCUT2D eigenvalue weighted by molar-refractivity contribution is 0.106. The molecule has 0 aromatic heterocycles. The second-order valence-electron chi connectivity index (χ2n) is 7.65. The quantitative estimate of drug-likeness (QED) is 0.597. The van der Waals surface area contributed by atoms with E-state index in [4.69, 9.17) is 5.84 Å². The normalized spacial score (nSPS) is 34.8. The second kappa shape index (κ2) is 5.48. The first-order valence-corrected chi connectivity index (χ1v) is 7.59. The molecular weight excluding hydrogens is 222 g/mol. The van der Waals surface area contributed by atoms with Crippen LogP contribution in [0, 0.1) is 11.3 Å².